The molecule has 12 heteroatoms. The lowest BCUT2D eigenvalue weighted by molar-refractivity contribution is 0.210. The Kier molecular flexibility index (Phi) is 10.7. The lowest BCUT2D eigenvalue weighted by Crippen LogP contribution is -2.42. The summed E-state index contributed by atoms with van der Waals surface area (Å²) in [7, 11) is -7.91. The number of allylic oxidation sites excluding steroid dienone is 7. The van der Waals surface area contributed by atoms with Crippen LogP contribution in [-0.2, 0) is 35.4 Å². The Morgan fingerprint density at radius 1 is 0.938 bits per heavy atom. The Morgan fingerprint density at radius 2 is 1.60 bits per heavy atom. The minimum atomic E-state index is -4.14. The van der Waals surface area contributed by atoms with Crippen LogP contribution in [0.25, 0.3) is 0 Å². The van der Waals surface area contributed by atoms with Crippen molar-refractivity contribution in [2.45, 2.75) is 70.8 Å². The van der Waals surface area contributed by atoms with Crippen molar-refractivity contribution >= 4 is 43.2 Å². The number of para-hydroxylation sites is 2. The molecule has 0 amide bonds. The summed E-state index contributed by atoms with van der Waals surface area (Å²) in [5.41, 5.74) is 8.92. The van der Waals surface area contributed by atoms with E-state index in [-0.39, 0.29) is 41.5 Å². The molecule has 2 N–H and O–H groups in total. The molecule has 260 valence electrons. The highest BCUT2D eigenvalue weighted by atomic mass is 35.5. The summed E-state index contributed by atoms with van der Waals surface area (Å²) in [4.78, 5) is 4.11. The van der Waals surface area contributed by atoms with E-state index in [0.29, 0.717) is 11.6 Å². The number of anilines is 2. The highest BCUT2D eigenvalue weighted by Gasteiger charge is 2.43. The monoisotopic (exact) mass is 715 g/mol. The number of halogens is 1. The normalized spacial score (nSPS) is 22.3. The summed E-state index contributed by atoms with van der Waals surface area (Å²) in [5, 5.41) is 0.689. The van der Waals surface area contributed by atoms with Gasteiger partial charge in [-0.15, -0.1) is 0 Å². The number of rotatable bonds is 12. The van der Waals surface area contributed by atoms with Gasteiger partial charge < -0.3 is 9.80 Å². The highest BCUT2D eigenvalue weighted by Crippen LogP contribution is 2.48. The van der Waals surface area contributed by atoms with E-state index >= 15 is 0 Å². The standard InChI is InChI=1S/C36H46ClN3O6S2/c1-6-38-46-48(44,45)25-23-40-31-17-10-8-15-29(31)36(4,5)33(40)21-19-27-13-11-12-26(34(27)37)18-20-32-35(2,3)28-14-7-9-16-30(28)39(32)22-24-47(41,42)43/h7-10,14-21,32,38H,6,11-13,22-25H2,1-5H3,(H,41,42,43). The van der Waals surface area contributed by atoms with Gasteiger partial charge in [-0.25, -0.2) is 0 Å². The van der Waals surface area contributed by atoms with Crippen molar-refractivity contribution in [3.05, 3.63) is 106 Å². The summed E-state index contributed by atoms with van der Waals surface area (Å²) in [6, 6.07) is 15.9. The van der Waals surface area contributed by atoms with Crippen LogP contribution in [0.5, 0.6) is 0 Å². The smallest absolute Gasteiger partial charge is 0.284 e. The van der Waals surface area contributed by atoms with E-state index in [9.17, 15) is 21.4 Å². The van der Waals surface area contributed by atoms with Gasteiger partial charge in [-0.2, -0.15) is 26.6 Å². The third-order valence-corrected chi connectivity index (χ3v) is 11.9. The minimum absolute atomic E-state index is 0.149. The molecule has 2 heterocycles. The summed E-state index contributed by atoms with van der Waals surface area (Å²) >= 11 is 7.09. The highest BCUT2D eigenvalue weighted by molar-refractivity contribution is 7.86. The van der Waals surface area contributed by atoms with Crippen LogP contribution in [0, 0.1) is 0 Å². The zero-order valence-electron chi connectivity index (χ0n) is 28.2. The van der Waals surface area contributed by atoms with Crippen molar-refractivity contribution in [1.82, 2.24) is 5.48 Å². The molecule has 3 aliphatic rings. The second kappa shape index (κ2) is 14.1. The van der Waals surface area contributed by atoms with Crippen LogP contribution in [0.2, 0.25) is 0 Å². The van der Waals surface area contributed by atoms with E-state index in [2.05, 4.69) is 79.4 Å². The molecule has 0 spiro atoms. The fraction of sp³-hybridized carbons (Fsp3) is 0.444. The van der Waals surface area contributed by atoms with Crippen LogP contribution in [0.15, 0.2) is 94.7 Å². The zero-order chi connectivity index (χ0) is 34.9. The van der Waals surface area contributed by atoms with Crippen LogP contribution in [0.1, 0.15) is 65.0 Å². The molecule has 5 rings (SSSR count). The third kappa shape index (κ3) is 7.61. The SMILES string of the molecule is CCNOS(=O)(=O)CCN1C(=CC=C2CCCC(C=CC3N(CCS(=O)(=O)O)c4ccccc4C3(C)C)=C2Cl)C(C)(C)c2ccccc21. The third-order valence-electron chi connectivity index (χ3n) is 9.65. The molecule has 0 saturated carbocycles. The van der Waals surface area contributed by atoms with E-state index < -0.39 is 20.2 Å². The molecular formula is C36H46ClN3O6S2. The predicted octanol–water partition coefficient (Wildman–Crippen LogP) is 6.75. The van der Waals surface area contributed by atoms with Crippen molar-refractivity contribution in [1.29, 1.82) is 0 Å². The van der Waals surface area contributed by atoms with Gasteiger partial charge in [-0.05, 0) is 59.7 Å². The fourth-order valence-electron chi connectivity index (χ4n) is 7.16. The number of nitrogens with zero attached hydrogens (tertiary/aromatic N) is 2. The molecule has 0 fully saturated rings. The molecular weight excluding hydrogens is 670 g/mol. The number of benzene rings is 2. The Hall–Kier alpha value is -2.93. The fourth-order valence-corrected chi connectivity index (χ4v) is 8.68. The van der Waals surface area contributed by atoms with Gasteiger partial charge >= 0.3 is 0 Å². The lowest BCUT2D eigenvalue weighted by Gasteiger charge is -2.32. The maximum atomic E-state index is 12.6. The molecule has 2 aromatic rings. The molecule has 1 atom stereocenters. The summed E-state index contributed by atoms with van der Waals surface area (Å²) in [6.45, 7) is 11.1. The number of hydrogen-bond acceptors (Lipinski definition) is 8. The van der Waals surface area contributed by atoms with Crippen molar-refractivity contribution < 1.29 is 25.7 Å². The Morgan fingerprint density at radius 3 is 2.29 bits per heavy atom. The lowest BCUT2D eigenvalue weighted by atomic mass is 9.80. The first kappa shape index (κ1) is 36.4. The van der Waals surface area contributed by atoms with Gasteiger partial charge in [-0.1, -0.05) is 101 Å². The number of nitrogens with one attached hydrogen (secondary N) is 1. The topological polar surface area (TPSA) is 116 Å². The first-order valence-corrected chi connectivity index (χ1v) is 19.9. The molecule has 48 heavy (non-hydrogen) atoms. The molecule has 0 aromatic heterocycles. The van der Waals surface area contributed by atoms with Crippen LogP contribution in [0.3, 0.4) is 0 Å². The van der Waals surface area contributed by atoms with Gasteiger partial charge in [0.05, 0.1) is 17.5 Å². The van der Waals surface area contributed by atoms with Crippen LogP contribution in [-0.4, -0.2) is 58.6 Å². The van der Waals surface area contributed by atoms with Crippen molar-refractivity contribution in [2.75, 3.05) is 40.9 Å². The van der Waals surface area contributed by atoms with Crippen LogP contribution < -0.4 is 15.3 Å². The molecule has 9 nitrogen and oxygen atoms in total. The van der Waals surface area contributed by atoms with Gasteiger partial charge in [0.2, 0.25) is 0 Å². The first-order chi connectivity index (χ1) is 22.6. The number of fused-ring (bicyclic) bond motifs is 2. The minimum Gasteiger partial charge on any atom is -0.363 e. The summed E-state index contributed by atoms with van der Waals surface area (Å²) in [6.07, 6.45) is 10.8. The quantitative estimate of drug-likeness (QED) is 0.182. The molecule has 0 radical (unpaired) electrons. The van der Waals surface area contributed by atoms with E-state index in [1.165, 1.54) is 0 Å². The average molecular weight is 716 g/mol. The van der Waals surface area contributed by atoms with E-state index in [1.807, 2.05) is 36.4 Å². The van der Waals surface area contributed by atoms with Gasteiger partial charge in [-0.3, -0.25) is 4.55 Å². The Bertz CT molecular complexity index is 1880. The molecule has 1 aliphatic carbocycles. The van der Waals surface area contributed by atoms with Gasteiger partial charge in [0.15, 0.2) is 0 Å². The Labute approximate surface area is 290 Å². The van der Waals surface area contributed by atoms with Crippen molar-refractivity contribution in [3.63, 3.8) is 0 Å². The predicted molar refractivity (Wildman–Crippen MR) is 194 cm³/mol. The van der Waals surface area contributed by atoms with E-state index in [4.69, 9.17) is 15.9 Å². The van der Waals surface area contributed by atoms with E-state index in [0.717, 1.165) is 58.6 Å². The maximum Gasteiger partial charge on any atom is 0.284 e. The second-order valence-corrected chi connectivity index (χ2v) is 17.2. The van der Waals surface area contributed by atoms with Gasteiger partial charge in [0.1, 0.15) is 0 Å². The zero-order valence-corrected chi connectivity index (χ0v) is 30.6. The Balaban J connectivity index is 1.45. The van der Waals surface area contributed by atoms with Gasteiger partial charge in [0.25, 0.3) is 20.2 Å². The summed E-state index contributed by atoms with van der Waals surface area (Å²) in [5.74, 6) is -0.546. The molecule has 2 aromatic carbocycles. The van der Waals surface area contributed by atoms with Crippen molar-refractivity contribution in [3.8, 4) is 0 Å². The van der Waals surface area contributed by atoms with E-state index in [1.54, 1.807) is 6.92 Å². The summed E-state index contributed by atoms with van der Waals surface area (Å²) < 4.78 is 62.9. The van der Waals surface area contributed by atoms with Crippen LogP contribution in [0.4, 0.5) is 11.4 Å². The molecule has 0 bridgehead atoms. The van der Waals surface area contributed by atoms with Gasteiger partial charge in [0, 0.05) is 52.6 Å². The maximum absolute atomic E-state index is 12.6. The molecule has 2 aliphatic heterocycles. The number of hydroxylamine groups is 1. The first-order valence-electron chi connectivity index (χ1n) is 16.4. The van der Waals surface area contributed by atoms with Crippen molar-refractivity contribution in [2.24, 2.45) is 0 Å². The molecule has 1 unspecified atom stereocenters. The largest absolute Gasteiger partial charge is 0.363 e. The molecule has 0 saturated heterocycles. The number of hydrogen-bond donors (Lipinski definition) is 2. The van der Waals surface area contributed by atoms with Crippen LogP contribution >= 0.6 is 11.6 Å². The average Bonchev–Trinajstić information content (AvgIpc) is 3.38. The second-order valence-electron chi connectivity index (χ2n) is 13.6.